The van der Waals surface area contributed by atoms with Gasteiger partial charge >= 0.3 is 5.97 Å². The highest BCUT2D eigenvalue weighted by Gasteiger charge is 2.19. The van der Waals surface area contributed by atoms with Crippen molar-refractivity contribution in [2.24, 2.45) is 0 Å². The van der Waals surface area contributed by atoms with Crippen LogP contribution in [0, 0.1) is 0 Å². The number of likely N-dealkylation sites (tertiary alicyclic amines) is 1. The summed E-state index contributed by atoms with van der Waals surface area (Å²) >= 11 is 0. The van der Waals surface area contributed by atoms with E-state index >= 15 is 0 Å². The maximum absolute atomic E-state index is 11.5. The van der Waals surface area contributed by atoms with Crippen molar-refractivity contribution in [3.63, 3.8) is 0 Å². The van der Waals surface area contributed by atoms with Gasteiger partial charge in [-0.3, -0.25) is 9.00 Å². The Labute approximate surface area is 93.1 Å². The Morgan fingerprint density at radius 3 is 2.53 bits per heavy atom. The molecular formula is C10H19NO3S. The van der Waals surface area contributed by atoms with Gasteiger partial charge < -0.3 is 10.0 Å². The molecule has 0 aromatic rings. The van der Waals surface area contributed by atoms with Crippen molar-refractivity contribution in [2.45, 2.75) is 31.4 Å². The fraction of sp³-hybridized carbons (Fsp3) is 0.900. The van der Waals surface area contributed by atoms with Gasteiger partial charge in [-0.1, -0.05) is 6.42 Å². The highest BCUT2D eigenvalue weighted by Crippen LogP contribution is 2.08. The highest BCUT2D eigenvalue weighted by molar-refractivity contribution is 7.86. The minimum absolute atomic E-state index is 0.480. The molecule has 0 aromatic heterocycles. The number of hydrogen-bond acceptors (Lipinski definition) is 3. The van der Waals surface area contributed by atoms with Gasteiger partial charge in [0.15, 0.2) is 0 Å². The third-order valence-corrected chi connectivity index (χ3v) is 4.37. The normalized spacial score (nSPS) is 22.2. The van der Waals surface area contributed by atoms with Crippen LogP contribution in [-0.4, -0.2) is 50.8 Å². The fourth-order valence-electron chi connectivity index (χ4n) is 1.69. The van der Waals surface area contributed by atoms with Crippen LogP contribution in [0.25, 0.3) is 0 Å². The number of nitrogens with zero attached hydrogens (tertiary/aromatic N) is 1. The fourth-order valence-corrected chi connectivity index (χ4v) is 2.71. The molecule has 4 nitrogen and oxygen atoms in total. The van der Waals surface area contributed by atoms with E-state index in [9.17, 15) is 9.00 Å². The van der Waals surface area contributed by atoms with Crippen LogP contribution in [0.15, 0.2) is 0 Å². The SMILES string of the molecule is CC(C(=O)O)S(=O)CCN1CCCCC1. The van der Waals surface area contributed by atoms with Crippen LogP contribution in [0.1, 0.15) is 26.2 Å². The van der Waals surface area contributed by atoms with Gasteiger partial charge in [-0.05, 0) is 32.9 Å². The van der Waals surface area contributed by atoms with Gasteiger partial charge in [0.25, 0.3) is 0 Å². The summed E-state index contributed by atoms with van der Waals surface area (Å²) in [5.41, 5.74) is 0. The van der Waals surface area contributed by atoms with Crippen molar-refractivity contribution in [3.8, 4) is 0 Å². The van der Waals surface area contributed by atoms with E-state index in [2.05, 4.69) is 4.90 Å². The van der Waals surface area contributed by atoms with E-state index in [0.29, 0.717) is 5.75 Å². The van der Waals surface area contributed by atoms with Crippen LogP contribution in [0.2, 0.25) is 0 Å². The molecule has 0 aliphatic carbocycles. The average molecular weight is 233 g/mol. The topological polar surface area (TPSA) is 57.6 Å². The molecule has 1 aliphatic heterocycles. The number of carbonyl (C=O) groups is 1. The summed E-state index contributed by atoms with van der Waals surface area (Å²) in [7, 11) is -1.24. The molecule has 0 radical (unpaired) electrons. The van der Waals surface area contributed by atoms with Gasteiger partial charge in [0.05, 0.1) is 0 Å². The molecule has 5 heteroatoms. The van der Waals surface area contributed by atoms with E-state index in [1.165, 1.54) is 26.2 Å². The molecule has 1 aliphatic rings. The summed E-state index contributed by atoms with van der Waals surface area (Å²) in [5, 5.41) is 7.94. The molecular weight excluding hydrogens is 214 g/mol. The van der Waals surface area contributed by atoms with E-state index in [0.717, 1.165) is 19.6 Å². The second-order valence-corrected chi connectivity index (χ2v) is 5.84. The Balaban J connectivity index is 2.23. The van der Waals surface area contributed by atoms with Gasteiger partial charge in [-0.15, -0.1) is 0 Å². The Bertz CT molecular complexity index is 239. The Morgan fingerprint density at radius 1 is 1.40 bits per heavy atom. The van der Waals surface area contributed by atoms with Crippen LogP contribution in [0.4, 0.5) is 0 Å². The summed E-state index contributed by atoms with van der Waals surface area (Å²) in [5.74, 6) is -0.486. The number of hydrogen-bond donors (Lipinski definition) is 1. The van der Waals surface area contributed by atoms with E-state index in [-0.39, 0.29) is 0 Å². The van der Waals surface area contributed by atoms with Crippen molar-refractivity contribution in [3.05, 3.63) is 0 Å². The van der Waals surface area contributed by atoms with Crippen molar-refractivity contribution in [2.75, 3.05) is 25.4 Å². The summed E-state index contributed by atoms with van der Waals surface area (Å²) in [6.45, 7) is 4.41. The lowest BCUT2D eigenvalue weighted by Gasteiger charge is -2.26. The van der Waals surface area contributed by atoms with Crippen LogP contribution >= 0.6 is 0 Å². The van der Waals surface area contributed by atoms with Gasteiger partial charge in [0, 0.05) is 23.1 Å². The zero-order chi connectivity index (χ0) is 11.3. The summed E-state index contributed by atoms with van der Waals surface area (Å²) in [6, 6.07) is 0. The smallest absolute Gasteiger partial charge is 0.318 e. The third-order valence-electron chi connectivity index (χ3n) is 2.80. The van der Waals surface area contributed by atoms with E-state index < -0.39 is 22.0 Å². The minimum Gasteiger partial charge on any atom is -0.480 e. The molecule has 0 aromatic carbocycles. The molecule has 2 atom stereocenters. The molecule has 1 N–H and O–H groups in total. The molecule has 1 saturated heterocycles. The number of aliphatic carboxylic acids is 1. The molecule has 15 heavy (non-hydrogen) atoms. The van der Waals surface area contributed by atoms with Crippen LogP contribution < -0.4 is 0 Å². The summed E-state index contributed by atoms with van der Waals surface area (Å²) in [6.07, 6.45) is 3.70. The van der Waals surface area contributed by atoms with Gasteiger partial charge in [0.1, 0.15) is 5.25 Å². The van der Waals surface area contributed by atoms with E-state index in [1.807, 2.05) is 0 Å². The first-order chi connectivity index (χ1) is 7.11. The van der Waals surface area contributed by atoms with Crippen molar-refractivity contribution >= 4 is 16.8 Å². The Kier molecular flexibility index (Phi) is 5.25. The predicted molar refractivity (Wildman–Crippen MR) is 60.4 cm³/mol. The zero-order valence-corrected chi connectivity index (χ0v) is 9.96. The van der Waals surface area contributed by atoms with Crippen molar-refractivity contribution in [1.82, 2.24) is 4.90 Å². The first kappa shape index (κ1) is 12.6. The maximum atomic E-state index is 11.5. The van der Waals surface area contributed by atoms with Gasteiger partial charge in [-0.2, -0.15) is 0 Å². The lowest BCUT2D eigenvalue weighted by atomic mass is 10.1. The molecule has 0 spiro atoms. The third kappa shape index (κ3) is 4.30. The largest absolute Gasteiger partial charge is 0.480 e. The second-order valence-electron chi connectivity index (χ2n) is 3.97. The minimum atomic E-state index is -1.24. The number of carboxylic acid groups (broad SMARTS) is 1. The van der Waals surface area contributed by atoms with Gasteiger partial charge in [-0.25, -0.2) is 0 Å². The van der Waals surface area contributed by atoms with Crippen LogP contribution in [-0.2, 0) is 15.6 Å². The first-order valence-electron chi connectivity index (χ1n) is 5.43. The van der Waals surface area contributed by atoms with Crippen molar-refractivity contribution < 1.29 is 14.1 Å². The predicted octanol–water partition coefficient (Wildman–Crippen LogP) is 0.694. The first-order valence-corrected chi connectivity index (χ1v) is 6.82. The average Bonchev–Trinajstić information content (AvgIpc) is 2.26. The standard InChI is InChI=1S/C10H19NO3S/c1-9(10(12)13)15(14)8-7-11-5-3-2-4-6-11/h9H,2-8H2,1H3,(H,12,13). The number of rotatable bonds is 5. The van der Waals surface area contributed by atoms with E-state index in [1.54, 1.807) is 0 Å². The van der Waals surface area contributed by atoms with Crippen LogP contribution in [0.3, 0.4) is 0 Å². The number of piperidine rings is 1. The monoisotopic (exact) mass is 233 g/mol. The molecule has 1 rings (SSSR count). The highest BCUT2D eigenvalue weighted by atomic mass is 32.2. The van der Waals surface area contributed by atoms with Gasteiger partial charge in [0.2, 0.25) is 0 Å². The lowest BCUT2D eigenvalue weighted by molar-refractivity contribution is -0.136. The summed E-state index contributed by atoms with van der Waals surface area (Å²) < 4.78 is 11.5. The quantitative estimate of drug-likeness (QED) is 0.759. The molecule has 0 bridgehead atoms. The maximum Gasteiger partial charge on any atom is 0.318 e. The molecule has 88 valence electrons. The Morgan fingerprint density at radius 2 is 2.00 bits per heavy atom. The summed E-state index contributed by atoms with van der Waals surface area (Å²) in [4.78, 5) is 12.9. The Hall–Kier alpha value is -0.420. The second kappa shape index (κ2) is 6.23. The molecule has 1 heterocycles. The number of carboxylic acids is 1. The lowest BCUT2D eigenvalue weighted by Crippen LogP contribution is -2.35. The van der Waals surface area contributed by atoms with E-state index in [4.69, 9.17) is 5.11 Å². The molecule has 1 fully saturated rings. The zero-order valence-electron chi connectivity index (χ0n) is 9.15. The molecule has 0 amide bonds. The molecule has 2 unspecified atom stereocenters. The molecule has 0 saturated carbocycles. The van der Waals surface area contributed by atoms with Crippen molar-refractivity contribution in [1.29, 1.82) is 0 Å². The van der Waals surface area contributed by atoms with Crippen LogP contribution in [0.5, 0.6) is 0 Å².